The van der Waals surface area contributed by atoms with Crippen molar-refractivity contribution in [1.82, 2.24) is 5.32 Å². The van der Waals surface area contributed by atoms with Gasteiger partial charge in [0, 0.05) is 19.0 Å². The van der Waals surface area contributed by atoms with Gasteiger partial charge in [-0.2, -0.15) is 0 Å². The summed E-state index contributed by atoms with van der Waals surface area (Å²) in [6, 6.07) is 8.17. The molecule has 1 atom stereocenters. The molecular formula is C17H29ClN2O. The lowest BCUT2D eigenvalue weighted by atomic mass is 9.92. The Morgan fingerprint density at radius 2 is 1.62 bits per heavy atom. The molecule has 1 aromatic carbocycles. The molecule has 0 radical (unpaired) electrons. The number of nitrogens with two attached hydrogens (primary N) is 1. The van der Waals surface area contributed by atoms with Gasteiger partial charge in [0.25, 0.3) is 0 Å². The zero-order valence-electron chi connectivity index (χ0n) is 13.8. The molecule has 0 fully saturated rings. The van der Waals surface area contributed by atoms with Gasteiger partial charge in [0.2, 0.25) is 5.91 Å². The molecule has 3 nitrogen and oxygen atoms in total. The molecule has 21 heavy (non-hydrogen) atoms. The number of rotatable bonds is 5. The standard InChI is InChI=1S/C17H28N2O.ClH/c1-12(2)13-6-8-14(9-7-13)15(18)11-19-16(20)10-17(3,4)5;/h6-9,12,15H,10-11,18H2,1-5H3,(H,19,20);1H. The highest BCUT2D eigenvalue weighted by Crippen LogP contribution is 2.19. The van der Waals surface area contributed by atoms with E-state index in [4.69, 9.17) is 5.73 Å². The number of halogens is 1. The van der Waals surface area contributed by atoms with Crippen LogP contribution in [0.15, 0.2) is 24.3 Å². The van der Waals surface area contributed by atoms with Crippen LogP contribution in [0.4, 0.5) is 0 Å². The van der Waals surface area contributed by atoms with Crippen molar-refractivity contribution in [2.45, 2.75) is 53.0 Å². The highest BCUT2D eigenvalue weighted by atomic mass is 35.5. The number of hydrogen-bond acceptors (Lipinski definition) is 2. The van der Waals surface area contributed by atoms with Gasteiger partial charge in [-0.25, -0.2) is 0 Å². The first-order chi connectivity index (χ1) is 9.19. The van der Waals surface area contributed by atoms with Crippen molar-refractivity contribution in [2.75, 3.05) is 6.54 Å². The SMILES string of the molecule is CC(C)c1ccc(C(N)CNC(=O)CC(C)(C)C)cc1.Cl. The van der Waals surface area contributed by atoms with E-state index >= 15 is 0 Å². The fourth-order valence-electron chi connectivity index (χ4n) is 2.01. The summed E-state index contributed by atoms with van der Waals surface area (Å²) in [6.07, 6.45) is 0.520. The molecule has 0 bridgehead atoms. The molecule has 1 amide bonds. The van der Waals surface area contributed by atoms with E-state index in [2.05, 4.69) is 64.2 Å². The van der Waals surface area contributed by atoms with Gasteiger partial charge in [-0.1, -0.05) is 58.9 Å². The molecule has 1 rings (SSSR count). The van der Waals surface area contributed by atoms with Crippen molar-refractivity contribution in [1.29, 1.82) is 0 Å². The van der Waals surface area contributed by atoms with Gasteiger partial charge in [-0.15, -0.1) is 12.4 Å². The van der Waals surface area contributed by atoms with Crippen LogP contribution in [0.25, 0.3) is 0 Å². The zero-order valence-corrected chi connectivity index (χ0v) is 14.6. The molecule has 0 aromatic heterocycles. The molecule has 0 heterocycles. The lowest BCUT2D eigenvalue weighted by Gasteiger charge is -2.19. The van der Waals surface area contributed by atoms with Crippen molar-refractivity contribution in [2.24, 2.45) is 11.1 Å². The Morgan fingerprint density at radius 3 is 2.05 bits per heavy atom. The highest BCUT2D eigenvalue weighted by Gasteiger charge is 2.16. The summed E-state index contributed by atoms with van der Waals surface area (Å²) in [5.41, 5.74) is 8.49. The third-order valence-corrected chi connectivity index (χ3v) is 3.24. The molecule has 3 N–H and O–H groups in total. The number of nitrogens with one attached hydrogen (secondary N) is 1. The second-order valence-corrected chi connectivity index (χ2v) is 6.97. The monoisotopic (exact) mass is 312 g/mol. The maximum absolute atomic E-state index is 11.8. The van der Waals surface area contributed by atoms with Crippen LogP contribution in [0.1, 0.15) is 64.1 Å². The van der Waals surface area contributed by atoms with Crippen molar-refractivity contribution in [3.05, 3.63) is 35.4 Å². The van der Waals surface area contributed by atoms with Crippen LogP contribution in [-0.2, 0) is 4.79 Å². The third kappa shape index (κ3) is 7.49. The van der Waals surface area contributed by atoms with Crippen molar-refractivity contribution < 1.29 is 4.79 Å². The smallest absolute Gasteiger partial charge is 0.220 e. The lowest BCUT2D eigenvalue weighted by Crippen LogP contribution is -2.33. The quantitative estimate of drug-likeness (QED) is 0.869. The number of benzene rings is 1. The second-order valence-electron chi connectivity index (χ2n) is 6.97. The number of carbonyl (C=O) groups excluding carboxylic acids is 1. The molecule has 0 saturated carbocycles. The summed E-state index contributed by atoms with van der Waals surface area (Å²) >= 11 is 0. The van der Waals surface area contributed by atoms with Crippen LogP contribution in [0, 0.1) is 5.41 Å². The topological polar surface area (TPSA) is 55.1 Å². The Bertz CT molecular complexity index is 435. The van der Waals surface area contributed by atoms with Crippen LogP contribution in [0.2, 0.25) is 0 Å². The van der Waals surface area contributed by atoms with E-state index in [-0.39, 0.29) is 29.8 Å². The second kappa shape index (κ2) is 8.40. The fraction of sp³-hybridized carbons (Fsp3) is 0.588. The summed E-state index contributed by atoms with van der Waals surface area (Å²) in [6.45, 7) is 11.0. The van der Waals surface area contributed by atoms with Gasteiger partial charge in [0.15, 0.2) is 0 Å². The molecule has 0 aliphatic rings. The minimum Gasteiger partial charge on any atom is -0.354 e. The van der Waals surface area contributed by atoms with Gasteiger partial charge in [0.05, 0.1) is 0 Å². The summed E-state index contributed by atoms with van der Waals surface area (Å²) < 4.78 is 0. The molecule has 4 heteroatoms. The first-order valence-electron chi connectivity index (χ1n) is 7.31. The van der Waals surface area contributed by atoms with Gasteiger partial charge in [-0.05, 0) is 22.5 Å². The Kier molecular flexibility index (Phi) is 7.98. The van der Waals surface area contributed by atoms with E-state index in [1.807, 2.05) is 0 Å². The van der Waals surface area contributed by atoms with Crippen molar-refractivity contribution in [3.8, 4) is 0 Å². The number of hydrogen-bond donors (Lipinski definition) is 2. The van der Waals surface area contributed by atoms with E-state index in [0.29, 0.717) is 18.9 Å². The lowest BCUT2D eigenvalue weighted by molar-refractivity contribution is -0.122. The van der Waals surface area contributed by atoms with Crippen molar-refractivity contribution in [3.63, 3.8) is 0 Å². The van der Waals surface area contributed by atoms with Gasteiger partial charge in [0.1, 0.15) is 0 Å². The van der Waals surface area contributed by atoms with E-state index in [1.165, 1.54) is 5.56 Å². The van der Waals surface area contributed by atoms with E-state index < -0.39 is 0 Å². The zero-order chi connectivity index (χ0) is 15.3. The minimum atomic E-state index is -0.153. The van der Waals surface area contributed by atoms with Gasteiger partial charge in [-0.3, -0.25) is 4.79 Å². The predicted octanol–water partition coefficient (Wildman–Crippen LogP) is 3.78. The summed E-state index contributed by atoms with van der Waals surface area (Å²) in [5, 5.41) is 2.91. The molecule has 1 aromatic rings. The summed E-state index contributed by atoms with van der Waals surface area (Å²) in [5.74, 6) is 0.582. The van der Waals surface area contributed by atoms with E-state index in [9.17, 15) is 4.79 Å². The Morgan fingerprint density at radius 1 is 1.14 bits per heavy atom. The fourth-order valence-corrected chi connectivity index (χ4v) is 2.01. The molecule has 0 saturated heterocycles. The molecule has 0 spiro atoms. The Labute approximate surface area is 135 Å². The highest BCUT2D eigenvalue weighted by molar-refractivity contribution is 5.85. The van der Waals surface area contributed by atoms with E-state index in [1.54, 1.807) is 0 Å². The molecule has 1 unspecified atom stereocenters. The number of carbonyl (C=O) groups is 1. The molecule has 0 aliphatic heterocycles. The average Bonchev–Trinajstić information content (AvgIpc) is 2.34. The van der Waals surface area contributed by atoms with Crippen LogP contribution < -0.4 is 11.1 Å². The Balaban J connectivity index is 0.00000400. The average molecular weight is 313 g/mol. The maximum atomic E-state index is 11.8. The largest absolute Gasteiger partial charge is 0.354 e. The van der Waals surface area contributed by atoms with Crippen molar-refractivity contribution >= 4 is 18.3 Å². The van der Waals surface area contributed by atoms with E-state index in [0.717, 1.165) is 5.56 Å². The Hall–Kier alpha value is -1.06. The molecular weight excluding hydrogens is 284 g/mol. The minimum absolute atomic E-state index is 0. The summed E-state index contributed by atoms with van der Waals surface area (Å²) in [4.78, 5) is 11.8. The van der Waals surface area contributed by atoms with Crippen LogP contribution in [0.5, 0.6) is 0 Å². The molecule has 120 valence electrons. The first kappa shape index (κ1) is 19.9. The first-order valence-corrected chi connectivity index (χ1v) is 7.31. The third-order valence-electron chi connectivity index (χ3n) is 3.24. The van der Waals surface area contributed by atoms with Crippen LogP contribution >= 0.6 is 12.4 Å². The number of amides is 1. The van der Waals surface area contributed by atoms with Gasteiger partial charge < -0.3 is 11.1 Å². The van der Waals surface area contributed by atoms with Gasteiger partial charge >= 0.3 is 0 Å². The van der Waals surface area contributed by atoms with Crippen LogP contribution in [0.3, 0.4) is 0 Å². The molecule has 0 aliphatic carbocycles. The predicted molar refractivity (Wildman–Crippen MR) is 91.8 cm³/mol. The normalized spacial score (nSPS) is 12.7. The summed E-state index contributed by atoms with van der Waals surface area (Å²) in [7, 11) is 0. The maximum Gasteiger partial charge on any atom is 0.220 e. The van der Waals surface area contributed by atoms with Crippen LogP contribution in [-0.4, -0.2) is 12.5 Å².